The Kier molecular flexibility index (Phi) is 5.40. The maximum atomic E-state index is 12.3. The molecule has 3 aromatic rings. The number of benzene rings is 1. The van der Waals surface area contributed by atoms with E-state index in [1.807, 2.05) is 43.3 Å². The average Bonchev–Trinajstić information content (AvgIpc) is 2.63. The Balaban J connectivity index is 1.69. The van der Waals surface area contributed by atoms with Crippen LogP contribution < -0.4 is 10.6 Å². The fourth-order valence-electron chi connectivity index (χ4n) is 2.28. The number of amides is 1. The van der Waals surface area contributed by atoms with Gasteiger partial charge in [-0.25, -0.2) is 0 Å². The second kappa shape index (κ2) is 7.90. The van der Waals surface area contributed by atoms with Crippen molar-refractivity contribution in [3.05, 3.63) is 82.3 Å². The first kappa shape index (κ1) is 17.1. The van der Waals surface area contributed by atoms with Gasteiger partial charge in [0.05, 0.1) is 5.69 Å². The van der Waals surface area contributed by atoms with Gasteiger partial charge in [0.25, 0.3) is 5.91 Å². The van der Waals surface area contributed by atoms with Crippen LogP contribution in [-0.2, 0) is 6.54 Å². The van der Waals surface area contributed by atoms with Crippen LogP contribution in [0.15, 0.2) is 65.5 Å². The van der Waals surface area contributed by atoms with Gasteiger partial charge in [-0.1, -0.05) is 6.07 Å². The average molecular weight is 397 g/mol. The van der Waals surface area contributed by atoms with Crippen molar-refractivity contribution in [1.82, 2.24) is 15.3 Å². The van der Waals surface area contributed by atoms with Crippen molar-refractivity contribution in [1.29, 1.82) is 0 Å². The zero-order valence-electron chi connectivity index (χ0n) is 13.7. The number of nitrogens with zero attached hydrogens (tertiary/aromatic N) is 2. The van der Waals surface area contributed by atoms with Crippen LogP contribution >= 0.6 is 15.9 Å². The van der Waals surface area contributed by atoms with Crippen LogP contribution in [0, 0.1) is 6.92 Å². The quantitative estimate of drug-likeness (QED) is 0.677. The van der Waals surface area contributed by atoms with Crippen molar-refractivity contribution in [3.63, 3.8) is 0 Å². The molecule has 0 aliphatic carbocycles. The fraction of sp³-hybridized carbons (Fsp3) is 0.105. The Labute approximate surface area is 154 Å². The number of hydrogen-bond acceptors (Lipinski definition) is 4. The van der Waals surface area contributed by atoms with E-state index in [1.165, 1.54) is 5.56 Å². The van der Waals surface area contributed by atoms with Gasteiger partial charge < -0.3 is 10.6 Å². The summed E-state index contributed by atoms with van der Waals surface area (Å²) in [4.78, 5) is 20.4. The molecule has 0 radical (unpaired) electrons. The molecule has 0 atom stereocenters. The number of aromatic nitrogens is 2. The summed E-state index contributed by atoms with van der Waals surface area (Å²) in [5.41, 5.74) is 4.25. The molecular formula is C19H17BrN4O. The minimum absolute atomic E-state index is 0.219. The van der Waals surface area contributed by atoms with E-state index in [4.69, 9.17) is 0 Å². The van der Waals surface area contributed by atoms with Crippen molar-refractivity contribution < 1.29 is 4.79 Å². The van der Waals surface area contributed by atoms with Gasteiger partial charge in [-0.05, 0) is 70.4 Å². The molecular weight excluding hydrogens is 380 g/mol. The van der Waals surface area contributed by atoms with Crippen molar-refractivity contribution >= 4 is 33.2 Å². The van der Waals surface area contributed by atoms with Crippen molar-refractivity contribution in [3.8, 4) is 0 Å². The zero-order valence-corrected chi connectivity index (χ0v) is 15.2. The summed E-state index contributed by atoms with van der Waals surface area (Å²) in [6.45, 7) is 2.47. The van der Waals surface area contributed by atoms with Crippen molar-refractivity contribution in [2.24, 2.45) is 0 Å². The summed E-state index contributed by atoms with van der Waals surface area (Å²) in [5, 5.41) is 6.15. The fourth-order valence-corrected chi connectivity index (χ4v) is 2.88. The Morgan fingerprint density at radius 2 is 1.88 bits per heavy atom. The molecule has 6 heteroatoms. The first-order valence-electron chi connectivity index (χ1n) is 7.78. The Hall–Kier alpha value is -2.73. The lowest BCUT2D eigenvalue weighted by Gasteiger charge is -2.10. The number of anilines is 2. The first-order valence-corrected chi connectivity index (χ1v) is 8.57. The topological polar surface area (TPSA) is 66.9 Å². The normalized spacial score (nSPS) is 10.3. The highest BCUT2D eigenvalue weighted by atomic mass is 79.9. The molecule has 0 fully saturated rings. The van der Waals surface area contributed by atoms with Gasteiger partial charge >= 0.3 is 0 Å². The molecule has 0 bridgehead atoms. The highest BCUT2D eigenvalue weighted by Crippen LogP contribution is 2.26. The summed E-state index contributed by atoms with van der Waals surface area (Å²) in [6, 6.07) is 13.3. The van der Waals surface area contributed by atoms with E-state index < -0.39 is 0 Å². The largest absolute Gasteiger partial charge is 0.354 e. The second-order valence-electron chi connectivity index (χ2n) is 5.58. The number of halogens is 1. The lowest BCUT2D eigenvalue weighted by molar-refractivity contribution is 0.0946. The molecule has 126 valence electrons. The molecule has 1 amide bonds. The number of pyridine rings is 2. The molecule has 5 nitrogen and oxygen atoms in total. The zero-order chi connectivity index (χ0) is 17.6. The van der Waals surface area contributed by atoms with Crippen LogP contribution in [0.5, 0.6) is 0 Å². The van der Waals surface area contributed by atoms with E-state index in [2.05, 4.69) is 36.5 Å². The maximum absolute atomic E-state index is 12.3. The van der Waals surface area contributed by atoms with Crippen molar-refractivity contribution in [2.75, 3.05) is 5.32 Å². The molecule has 0 spiro atoms. The molecule has 3 rings (SSSR count). The molecule has 2 heterocycles. The number of hydrogen-bond donors (Lipinski definition) is 2. The van der Waals surface area contributed by atoms with Crippen molar-refractivity contribution in [2.45, 2.75) is 13.5 Å². The molecule has 0 saturated heterocycles. The minimum atomic E-state index is -0.219. The number of aryl methyl sites for hydroxylation is 1. The molecule has 0 aliphatic heterocycles. The van der Waals surface area contributed by atoms with E-state index in [0.717, 1.165) is 21.4 Å². The predicted molar refractivity (Wildman–Crippen MR) is 102 cm³/mol. The lowest BCUT2D eigenvalue weighted by Crippen LogP contribution is -2.23. The van der Waals surface area contributed by atoms with E-state index >= 15 is 0 Å². The molecule has 0 unspecified atom stereocenters. The van der Waals surface area contributed by atoms with Gasteiger partial charge in [0.2, 0.25) is 0 Å². The summed E-state index contributed by atoms with van der Waals surface area (Å²) < 4.78 is 0.966. The van der Waals surface area contributed by atoms with Crippen LogP contribution in [0.3, 0.4) is 0 Å². The predicted octanol–water partition coefficient (Wildman–Crippen LogP) is 4.22. The van der Waals surface area contributed by atoms with E-state index in [0.29, 0.717) is 12.2 Å². The smallest absolute Gasteiger partial charge is 0.270 e. The highest BCUT2D eigenvalue weighted by molar-refractivity contribution is 9.10. The van der Waals surface area contributed by atoms with Crippen LogP contribution in [0.25, 0.3) is 0 Å². The molecule has 0 saturated carbocycles. The number of carbonyl (C=O) groups is 1. The monoisotopic (exact) mass is 396 g/mol. The highest BCUT2D eigenvalue weighted by Gasteiger charge is 2.09. The third-order valence-electron chi connectivity index (χ3n) is 3.60. The van der Waals surface area contributed by atoms with Crippen LogP contribution in [0.4, 0.5) is 11.4 Å². The van der Waals surface area contributed by atoms with Gasteiger partial charge in [0.1, 0.15) is 5.69 Å². The van der Waals surface area contributed by atoms with Gasteiger partial charge in [-0.15, -0.1) is 0 Å². The lowest BCUT2D eigenvalue weighted by atomic mass is 10.2. The Morgan fingerprint density at radius 3 is 2.64 bits per heavy atom. The van der Waals surface area contributed by atoms with Gasteiger partial charge in [0.15, 0.2) is 0 Å². The maximum Gasteiger partial charge on any atom is 0.270 e. The molecule has 25 heavy (non-hydrogen) atoms. The Morgan fingerprint density at radius 1 is 1.08 bits per heavy atom. The minimum Gasteiger partial charge on any atom is -0.354 e. The van der Waals surface area contributed by atoms with Gasteiger partial charge in [-0.3, -0.25) is 14.8 Å². The standard InChI is InChI=1S/C19H17BrN4O/c1-13-2-3-17(16(20)10-13)24-15-6-9-22-18(11-15)19(25)23-12-14-4-7-21-8-5-14/h2-11H,12H2,1H3,(H,22,24)(H,23,25). The summed E-state index contributed by atoms with van der Waals surface area (Å²) in [6.07, 6.45) is 5.01. The number of rotatable bonds is 5. The van der Waals surface area contributed by atoms with Crippen LogP contribution in [0.2, 0.25) is 0 Å². The third-order valence-corrected chi connectivity index (χ3v) is 4.25. The molecule has 1 aromatic carbocycles. The number of nitrogens with one attached hydrogen (secondary N) is 2. The van der Waals surface area contributed by atoms with Crippen LogP contribution in [0.1, 0.15) is 21.6 Å². The first-order chi connectivity index (χ1) is 12.1. The molecule has 0 aliphatic rings. The SMILES string of the molecule is Cc1ccc(Nc2ccnc(C(=O)NCc3ccncc3)c2)c(Br)c1. The van der Waals surface area contributed by atoms with E-state index in [9.17, 15) is 4.79 Å². The van der Waals surface area contributed by atoms with Gasteiger partial charge in [-0.2, -0.15) is 0 Å². The number of carbonyl (C=O) groups excluding carboxylic acids is 1. The molecule has 2 aromatic heterocycles. The van der Waals surface area contributed by atoms with Gasteiger partial charge in [0, 0.05) is 35.3 Å². The Bertz CT molecular complexity index is 884. The third kappa shape index (κ3) is 4.64. The van der Waals surface area contributed by atoms with E-state index in [-0.39, 0.29) is 5.91 Å². The summed E-state index contributed by atoms with van der Waals surface area (Å²) in [7, 11) is 0. The second-order valence-corrected chi connectivity index (χ2v) is 6.43. The summed E-state index contributed by atoms with van der Waals surface area (Å²) >= 11 is 3.54. The summed E-state index contributed by atoms with van der Waals surface area (Å²) in [5.74, 6) is -0.219. The molecule has 2 N–H and O–H groups in total. The van der Waals surface area contributed by atoms with Crippen LogP contribution in [-0.4, -0.2) is 15.9 Å². The van der Waals surface area contributed by atoms with E-state index in [1.54, 1.807) is 24.7 Å².